The lowest BCUT2D eigenvalue weighted by Gasteiger charge is -2.31. The van der Waals surface area contributed by atoms with Gasteiger partial charge < -0.3 is 29.3 Å². The fourth-order valence-corrected chi connectivity index (χ4v) is 6.50. The van der Waals surface area contributed by atoms with E-state index in [0.717, 1.165) is 42.5 Å². The Bertz CT molecular complexity index is 1350. The Hall–Kier alpha value is -3.23. The topological polar surface area (TPSA) is 209 Å². The lowest BCUT2D eigenvalue weighted by atomic mass is 9.98. The van der Waals surface area contributed by atoms with Crippen molar-refractivity contribution in [1.29, 1.82) is 0 Å². The van der Waals surface area contributed by atoms with E-state index in [1.54, 1.807) is 20.8 Å². The van der Waals surface area contributed by atoms with Crippen LogP contribution in [-0.4, -0.2) is 85.4 Å². The number of esters is 1. The molecule has 2 aliphatic heterocycles. The molecule has 2 saturated heterocycles. The van der Waals surface area contributed by atoms with Gasteiger partial charge in [-0.1, -0.05) is 89.1 Å². The van der Waals surface area contributed by atoms with Crippen LogP contribution in [0.4, 0.5) is 0 Å². The molecule has 0 saturated carbocycles. The van der Waals surface area contributed by atoms with Crippen molar-refractivity contribution in [3.8, 4) is 0 Å². The summed E-state index contributed by atoms with van der Waals surface area (Å²) in [6.45, 7) is 7.22. The Balaban J connectivity index is 1.70. The normalized spacial score (nSPS) is 25.3. The maximum atomic E-state index is 13.8. The van der Waals surface area contributed by atoms with Crippen LogP contribution in [0.5, 0.6) is 0 Å². The zero-order valence-electron chi connectivity index (χ0n) is 29.5. The van der Waals surface area contributed by atoms with Crippen molar-refractivity contribution < 1.29 is 34.0 Å². The highest BCUT2D eigenvalue weighted by Gasteiger charge is 2.58. The Morgan fingerprint density at radius 2 is 1.53 bits per heavy atom. The van der Waals surface area contributed by atoms with Gasteiger partial charge in [0.2, 0.25) is 5.91 Å². The molecule has 2 fully saturated rings. The van der Waals surface area contributed by atoms with E-state index >= 15 is 0 Å². The summed E-state index contributed by atoms with van der Waals surface area (Å²) in [4.78, 5) is 57.8. The van der Waals surface area contributed by atoms with Gasteiger partial charge >= 0.3 is 11.7 Å². The van der Waals surface area contributed by atoms with Crippen molar-refractivity contribution in [1.82, 2.24) is 14.5 Å². The summed E-state index contributed by atoms with van der Waals surface area (Å²) >= 11 is 0. The van der Waals surface area contributed by atoms with Crippen molar-refractivity contribution >= 4 is 11.9 Å². The van der Waals surface area contributed by atoms with Crippen molar-refractivity contribution in [2.24, 2.45) is 5.11 Å². The summed E-state index contributed by atoms with van der Waals surface area (Å²) in [5.74, 6) is -1.16. The Morgan fingerprint density at radius 1 is 0.939 bits per heavy atom. The van der Waals surface area contributed by atoms with Gasteiger partial charge in [-0.3, -0.25) is 19.1 Å². The molecule has 1 aromatic heterocycles. The number of azide groups is 1. The lowest BCUT2D eigenvalue weighted by molar-refractivity contribution is -0.167. The predicted molar refractivity (Wildman–Crippen MR) is 181 cm³/mol. The smallest absolute Gasteiger partial charge is 0.332 e. The molecule has 49 heavy (non-hydrogen) atoms. The van der Waals surface area contributed by atoms with Gasteiger partial charge in [-0.2, -0.15) is 0 Å². The third-order valence-electron chi connectivity index (χ3n) is 8.93. The highest BCUT2D eigenvalue weighted by molar-refractivity contribution is 5.86. The molecule has 0 aromatic carbocycles. The molecule has 7 atom stereocenters. The second-order valence-corrected chi connectivity index (χ2v) is 14.1. The molecular formula is C34H56N6O9. The molecule has 0 radical (unpaired) electrons. The van der Waals surface area contributed by atoms with Gasteiger partial charge in [0.15, 0.2) is 12.3 Å². The number of rotatable bonds is 20. The van der Waals surface area contributed by atoms with Crippen LogP contribution in [0.2, 0.25) is 0 Å². The minimum atomic E-state index is -1.65. The number of carbonyl (C=O) groups is 2. The highest BCUT2D eigenvalue weighted by Crippen LogP contribution is 2.39. The largest absolute Gasteiger partial charge is 0.458 e. The zero-order valence-corrected chi connectivity index (χ0v) is 29.5. The summed E-state index contributed by atoms with van der Waals surface area (Å²) in [5, 5.41) is 25.6. The number of nitrogens with one attached hydrogen (secondary N) is 1. The standard InChI is InChI=1S/C34H56N6O9/c1-5-6-7-8-9-10-11-12-13-14-15-16-17-18-24(42)40-25(19-21-36-38-35)47-29(26(40)32(45)49-34(2,3)4)30-27(43)28(44)31(48-30)39-22-20-23(41)37-33(39)46/h20,22,25-31,43-44H,5-19,21H2,1-4H3,(H,37,41,46)/t25-,26+,27+,28-,29+,30+,31-/m1/s1. The first-order chi connectivity index (χ1) is 23.4. The monoisotopic (exact) mass is 692 g/mol. The van der Waals surface area contributed by atoms with E-state index in [1.807, 2.05) is 0 Å². The quantitative estimate of drug-likeness (QED) is 0.0572. The van der Waals surface area contributed by atoms with Crippen LogP contribution >= 0.6 is 0 Å². The summed E-state index contributed by atoms with van der Waals surface area (Å²) in [7, 11) is 0. The van der Waals surface area contributed by atoms with E-state index in [2.05, 4.69) is 21.9 Å². The molecule has 3 N–H and O–H groups in total. The molecule has 15 nitrogen and oxygen atoms in total. The molecule has 3 rings (SSSR count). The van der Waals surface area contributed by atoms with Crippen LogP contribution < -0.4 is 11.2 Å². The average Bonchev–Trinajstić information content (AvgIpc) is 3.55. The fourth-order valence-electron chi connectivity index (χ4n) is 6.50. The Labute approximate surface area is 287 Å². The van der Waals surface area contributed by atoms with E-state index in [0.29, 0.717) is 6.42 Å². The first kappa shape index (κ1) is 40.2. The number of hydrogen-bond donors (Lipinski definition) is 3. The van der Waals surface area contributed by atoms with Gasteiger partial charge in [-0.05, 0) is 39.1 Å². The minimum absolute atomic E-state index is 0.0381. The third-order valence-corrected chi connectivity index (χ3v) is 8.93. The number of carbonyl (C=O) groups excluding carboxylic acids is 2. The number of aliphatic hydroxyl groups is 2. The number of H-pyrrole nitrogens is 1. The van der Waals surface area contributed by atoms with Crippen molar-refractivity contribution in [3.05, 3.63) is 43.5 Å². The Kier molecular flexibility index (Phi) is 16.3. The summed E-state index contributed by atoms with van der Waals surface area (Å²) in [6, 6.07) is -0.308. The molecule has 0 aliphatic carbocycles. The molecule has 0 unspecified atom stereocenters. The number of amides is 1. The minimum Gasteiger partial charge on any atom is -0.458 e. The van der Waals surface area contributed by atoms with Gasteiger partial charge in [0, 0.05) is 30.1 Å². The van der Waals surface area contributed by atoms with Gasteiger partial charge in [0.05, 0.1) is 0 Å². The number of ether oxygens (including phenoxy) is 3. The van der Waals surface area contributed by atoms with Crippen LogP contribution in [0, 0.1) is 0 Å². The van der Waals surface area contributed by atoms with Crippen LogP contribution in [0.3, 0.4) is 0 Å². The summed E-state index contributed by atoms with van der Waals surface area (Å²) < 4.78 is 18.8. The average molecular weight is 693 g/mol. The van der Waals surface area contributed by atoms with E-state index < -0.39 is 65.7 Å². The summed E-state index contributed by atoms with van der Waals surface area (Å²) in [5.41, 5.74) is 6.40. The molecule has 2 aliphatic rings. The number of unbranched alkanes of at least 4 members (excludes halogenated alkanes) is 12. The molecule has 0 bridgehead atoms. The molecule has 15 heteroatoms. The molecule has 276 valence electrons. The first-order valence-electron chi connectivity index (χ1n) is 17.9. The van der Waals surface area contributed by atoms with Crippen molar-refractivity contribution in [2.45, 2.75) is 173 Å². The molecular weight excluding hydrogens is 636 g/mol. The molecule has 3 heterocycles. The number of aromatic amines is 1. The number of nitrogens with zero attached hydrogens (tertiary/aromatic N) is 5. The van der Waals surface area contributed by atoms with Gasteiger partial charge in [-0.25, -0.2) is 9.59 Å². The Morgan fingerprint density at radius 3 is 2.08 bits per heavy atom. The van der Waals surface area contributed by atoms with Crippen LogP contribution in [-0.2, 0) is 23.8 Å². The lowest BCUT2D eigenvalue weighted by Crippen LogP contribution is -2.54. The van der Waals surface area contributed by atoms with Gasteiger partial charge in [0.25, 0.3) is 5.56 Å². The predicted octanol–water partition coefficient (Wildman–Crippen LogP) is 4.60. The second kappa shape index (κ2) is 19.8. The molecule has 1 amide bonds. The zero-order chi connectivity index (χ0) is 36.0. The van der Waals surface area contributed by atoms with Crippen LogP contribution in [0.25, 0.3) is 10.4 Å². The number of aromatic nitrogens is 2. The van der Waals surface area contributed by atoms with Crippen LogP contribution in [0.1, 0.15) is 130 Å². The first-order valence-corrected chi connectivity index (χ1v) is 17.9. The van der Waals surface area contributed by atoms with E-state index in [-0.39, 0.29) is 25.3 Å². The number of hydrogen-bond acceptors (Lipinski definition) is 10. The maximum Gasteiger partial charge on any atom is 0.332 e. The number of aliphatic hydroxyl groups excluding tert-OH is 2. The van der Waals surface area contributed by atoms with Gasteiger partial charge in [-0.15, -0.1) is 0 Å². The SMILES string of the molecule is CCCCCCCCCCCCCCCC(=O)N1[C@H](C(=O)OC(C)(C)C)[C@@H]([C@H]2O[C@@H](n3ccc(=O)[nH]c3=O)[C@H](O)[C@@H]2O)O[C@@H]1CCN=[N+]=[N-]. The maximum absolute atomic E-state index is 13.8. The van der Waals surface area contributed by atoms with Crippen molar-refractivity contribution in [2.75, 3.05) is 6.54 Å². The summed E-state index contributed by atoms with van der Waals surface area (Å²) in [6.07, 6.45) is 7.84. The fraction of sp³-hybridized carbons (Fsp3) is 0.824. The van der Waals surface area contributed by atoms with Crippen LogP contribution in [0.15, 0.2) is 27.0 Å². The van der Waals surface area contributed by atoms with Crippen molar-refractivity contribution in [3.63, 3.8) is 0 Å². The van der Waals surface area contributed by atoms with Gasteiger partial charge in [0.1, 0.15) is 36.2 Å². The molecule has 0 spiro atoms. The van der Waals surface area contributed by atoms with E-state index in [4.69, 9.17) is 19.7 Å². The highest BCUT2D eigenvalue weighted by atomic mass is 16.6. The molecule has 1 aromatic rings. The van der Waals surface area contributed by atoms with E-state index in [1.165, 1.54) is 56.3 Å². The second-order valence-electron chi connectivity index (χ2n) is 14.1. The third kappa shape index (κ3) is 12.0. The van der Waals surface area contributed by atoms with E-state index in [9.17, 15) is 29.4 Å².